The minimum atomic E-state index is 0.310. The molecular weight excluding hydrogens is 232 g/mol. The lowest BCUT2D eigenvalue weighted by Crippen LogP contribution is -2.46. The first-order chi connectivity index (χ1) is 8.28. The van der Waals surface area contributed by atoms with Gasteiger partial charge in [-0.2, -0.15) is 0 Å². The number of ether oxygens (including phenoxy) is 1. The van der Waals surface area contributed by atoms with Crippen LogP contribution in [0.15, 0.2) is 11.6 Å². The summed E-state index contributed by atoms with van der Waals surface area (Å²) in [6, 6.07) is 0.677. The van der Waals surface area contributed by atoms with Crippen LogP contribution in [-0.2, 0) is 10.2 Å². The minimum Gasteiger partial charge on any atom is -0.380 e. The molecule has 3 heterocycles. The highest BCUT2D eigenvalue weighted by atomic mass is 32.1. The summed E-state index contributed by atoms with van der Waals surface area (Å²) in [5.41, 5.74) is 0.310. The molecule has 0 bridgehead atoms. The van der Waals surface area contributed by atoms with Gasteiger partial charge >= 0.3 is 0 Å². The van der Waals surface area contributed by atoms with Crippen molar-refractivity contribution in [1.82, 2.24) is 9.88 Å². The summed E-state index contributed by atoms with van der Waals surface area (Å²) in [5, 5.41) is 3.41. The van der Waals surface area contributed by atoms with Crippen molar-refractivity contribution < 1.29 is 4.74 Å². The lowest BCUT2D eigenvalue weighted by molar-refractivity contribution is 0.102. The highest BCUT2D eigenvalue weighted by Crippen LogP contribution is 2.37. The summed E-state index contributed by atoms with van der Waals surface area (Å²) in [4.78, 5) is 7.12. The van der Waals surface area contributed by atoms with Crippen LogP contribution < -0.4 is 0 Å². The van der Waals surface area contributed by atoms with Crippen LogP contribution in [0.1, 0.15) is 31.2 Å². The Labute approximate surface area is 107 Å². The molecule has 3 rings (SSSR count). The average molecular weight is 252 g/mol. The molecule has 3 nitrogen and oxygen atoms in total. The van der Waals surface area contributed by atoms with Gasteiger partial charge in [-0.05, 0) is 32.4 Å². The summed E-state index contributed by atoms with van der Waals surface area (Å²) < 4.78 is 5.48. The molecule has 0 N–H and O–H groups in total. The molecule has 2 aliphatic heterocycles. The van der Waals surface area contributed by atoms with E-state index < -0.39 is 0 Å². The van der Waals surface area contributed by atoms with Crippen molar-refractivity contribution in [2.75, 3.05) is 26.3 Å². The van der Waals surface area contributed by atoms with Crippen LogP contribution in [0.2, 0.25) is 0 Å². The van der Waals surface area contributed by atoms with E-state index in [4.69, 9.17) is 4.74 Å². The molecule has 0 spiro atoms. The van der Waals surface area contributed by atoms with Crippen LogP contribution in [-0.4, -0.2) is 42.2 Å². The van der Waals surface area contributed by atoms with Gasteiger partial charge in [-0.15, -0.1) is 11.3 Å². The molecule has 1 aromatic rings. The minimum absolute atomic E-state index is 0.310. The first kappa shape index (κ1) is 11.6. The molecule has 0 radical (unpaired) electrons. The third-order valence-corrected chi connectivity index (χ3v) is 5.35. The molecule has 1 atom stereocenters. The number of hydrogen-bond donors (Lipinski definition) is 0. The van der Waals surface area contributed by atoms with Gasteiger partial charge in [0.05, 0.1) is 11.6 Å². The summed E-state index contributed by atoms with van der Waals surface area (Å²) in [5.74, 6) is 0. The number of hydrogen-bond acceptors (Lipinski definition) is 4. The fourth-order valence-electron chi connectivity index (χ4n) is 2.93. The molecule has 0 amide bonds. The van der Waals surface area contributed by atoms with Crippen LogP contribution in [0.3, 0.4) is 0 Å². The average Bonchev–Trinajstić information content (AvgIpc) is 3.04. The molecule has 4 heteroatoms. The van der Waals surface area contributed by atoms with Gasteiger partial charge in [0.1, 0.15) is 0 Å². The zero-order valence-electron chi connectivity index (χ0n) is 10.4. The van der Waals surface area contributed by atoms with Crippen LogP contribution in [0, 0.1) is 0 Å². The smallest absolute Gasteiger partial charge is 0.0984 e. The number of likely N-dealkylation sites (tertiary alicyclic amines) is 1. The Hall–Kier alpha value is -0.450. The molecule has 2 saturated heterocycles. The number of thiazole rings is 1. The molecule has 17 heavy (non-hydrogen) atoms. The zero-order valence-corrected chi connectivity index (χ0v) is 11.2. The molecule has 0 unspecified atom stereocenters. The summed E-state index contributed by atoms with van der Waals surface area (Å²) in [7, 11) is 0. The Morgan fingerprint density at radius 1 is 1.47 bits per heavy atom. The van der Waals surface area contributed by atoms with E-state index in [1.165, 1.54) is 37.4 Å². The van der Waals surface area contributed by atoms with Crippen molar-refractivity contribution in [1.29, 1.82) is 0 Å². The third kappa shape index (κ3) is 2.26. The molecule has 0 aliphatic carbocycles. The van der Waals surface area contributed by atoms with E-state index in [1.54, 1.807) is 0 Å². The maximum absolute atomic E-state index is 5.48. The predicted molar refractivity (Wildman–Crippen MR) is 69.5 cm³/mol. The fraction of sp³-hybridized carbons (Fsp3) is 0.769. The van der Waals surface area contributed by atoms with Crippen LogP contribution in [0.4, 0.5) is 0 Å². The van der Waals surface area contributed by atoms with Gasteiger partial charge < -0.3 is 4.74 Å². The quantitative estimate of drug-likeness (QED) is 0.807. The second kappa shape index (κ2) is 4.67. The zero-order chi connectivity index (χ0) is 11.7. The van der Waals surface area contributed by atoms with Crippen LogP contribution in [0.25, 0.3) is 0 Å². The van der Waals surface area contributed by atoms with Gasteiger partial charge in [0.25, 0.3) is 0 Å². The summed E-state index contributed by atoms with van der Waals surface area (Å²) >= 11 is 1.81. The van der Waals surface area contributed by atoms with Gasteiger partial charge in [-0.25, -0.2) is 4.98 Å². The van der Waals surface area contributed by atoms with Crippen molar-refractivity contribution in [2.45, 2.75) is 37.6 Å². The lowest BCUT2D eigenvalue weighted by Gasteiger charge is -2.40. The molecule has 0 saturated carbocycles. The molecular formula is C13H20N2OS. The van der Waals surface area contributed by atoms with E-state index in [0.717, 1.165) is 13.2 Å². The van der Waals surface area contributed by atoms with Crippen LogP contribution >= 0.6 is 11.3 Å². The number of rotatable bonds is 2. The Bertz CT molecular complexity index is 352. The second-order valence-corrected chi connectivity index (χ2v) is 6.35. The van der Waals surface area contributed by atoms with Gasteiger partial charge in [-0.3, -0.25) is 4.90 Å². The largest absolute Gasteiger partial charge is 0.380 e. The van der Waals surface area contributed by atoms with Gasteiger partial charge in [-0.1, -0.05) is 6.92 Å². The normalized spacial score (nSPS) is 29.6. The highest BCUT2D eigenvalue weighted by Gasteiger charge is 2.36. The van der Waals surface area contributed by atoms with Crippen molar-refractivity contribution >= 4 is 11.3 Å². The van der Waals surface area contributed by atoms with Gasteiger partial charge in [0.15, 0.2) is 0 Å². The first-order valence-electron chi connectivity index (χ1n) is 6.50. The molecule has 2 aliphatic rings. The Kier molecular flexibility index (Phi) is 3.19. The lowest BCUT2D eigenvalue weighted by atomic mass is 9.80. The Morgan fingerprint density at radius 2 is 2.29 bits per heavy atom. The van der Waals surface area contributed by atoms with Crippen molar-refractivity contribution in [3.8, 4) is 0 Å². The van der Waals surface area contributed by atoms with E-state index >= 15 is 0 Å². The van der Waals surface area contributed by atoms with E-state index in [2.05, 4.69) is 22.2 Å². The number of piperidine rings is 1. The van der Waals surface area contributed by atoms with Crippen molar-refractivity contribution in [3.63, 3.8) is 0 Å². The van der Waals surface area contributed by atoms with E-state index in [-0.39, 0.29) is 0 Å². The third-order valence-electron chi connectivity index (χ3n) is 4.27. The monoisotopic (exact) mass is 252 g/mol. The van der Waals surface area contributed by atoms with Gasteiger partial charge in [0.2, 0.25) is 0 Å². The SMILES string of the molecule is CC1(c2nccs2)CCN([C@H]2CCOC2)CC1. The van der Waals surface area contributed by atoms with E-state index in [1.807, 2.05) is 17.5 Å². The summed E-state index contributed by atoms with van der Waals surface area (Å²) in [6.07, 6.45) is 5.62. The topological polar surface area (TPSA) is 25.4 Å². The highest BCUT2D eigenvalue weighted by molar-refractivity contribution is 7.09. The molecule has 0 aromatic carbocycles. The number of nitrogens with zero attached hydrogens (tertiary/aromatic N) is 2. The van der Waals surface area contributed by atoms with Crippen molar-refractivity contribution in [2.24, 2.45) is 0 Å². The van der Waals surface area contributed by atoms with Gasteiger partial charge in [0, 0.05) is 29.6 Å². The maximum atomic E-state index is 5.48. The summed E-state index contributed by atoms with van der Waals surface area (Å²) in [6.45, 7) is 6.65. The van der Waals surface area contributed by atoms with Crippen molar-refractivity contribution in [3.05, 3.63) is 16.6 Å². The van der Waals surface area contributed by atoms with E-state index in [0.29, 0.717) is 11.5 Å². The molecule has 94 valence electrons. The van der Waals surface area contributed by atoms with Crippen LogP contribution in [0.5, 0.6) is 0 Å². The van der Waals surface area contributed by atoms with E-state index in [9.17, 15) is 0 Å². The Balaban J connectivity index is 1.63. The second-order valence-electron chi connectivity index (χ2n) is 5.45. The fourth-order valence-corrected chi connectivity index (χ4v) is 3.79. The Morgan fingerprint density at radius 3 is 2.88 bits per heavy atom. The first-order valence-corrected chi connectivity index (χ1v) is 7.38. The predicted octanol–water partition coefficient (Wildman–Crippen LogP) is 2.29. The maximum Gasteiger partial charge on any atom is 0.0984 e. The molecule has 2 fully saturated rings. The molecule has 1 aromatic heterocycles. The standard InChI is InChI=1S/C13H20N2OS/c1-13(12-14-5-9-17-12)3-6-15(7-4-13)11-2-8-16-10-11/h5,9,11H,2-4,6-8,10H2,1H3/t11-/m0/s1. The number of aromatic nitrogens is 1.